The number of nitrogens with zero attached hydrogens (tertiary/aromatic N) is 2. The molecular formula is C14H17F3N2O3. The van der Waals surface area contributed by atoms with Crippen molar-refractivity contribution in [2.45, 2.75) is 38.7 Å². The molecule has 1 aromatic rings. The van der Waals surface area contributed by atoms with Crippen molar-refractivity contribution in [1.82, 2.24) is 9.47 Å². The highest BCUT2D eigenvalue weighted by Gasteiger charge is 2.32. The van der Waals surface area contributed by atoms with Crippen LogP contribution in [0.15, 0.2) is 23.1 Å². The van der Waals surface area contributed by atoms with Crippen molar-refractivity contribution in [1.29, 1.82) is 0 Å². The topological polar surface area (TPSA) is 51.5 Å². The van der Waals surface area contributed by atoms with Gasteiger partial charge in [0.25, 0.3) is 5.56 Å². The number of hydrogen-bond acceptors (Lipinski definition) is 3. The van der Waals surface area contributed by atoms with E-state index in [0.29, 0.717) is 25.4 Å². The number of carbonyl (C=O) groups excluding carboxylic acids is 1. The highest BCUT2D eigenvalue weighted by molar-refractivity contribution is 5.76. The smallest absolute Gasteiger partial charge is 0.375 e. The molecule has 1 aromatic heterocycles. The molecule has 0 N–H and O–H groups in total. The fourth-order valence-corrected chi connectivity index (χ4v) is 2.31. The van der Waals surface area contributed by atoms with Crippen LogP contribution in [0.25, 0.3) is 0 Å². The van der Waals surface area contributed by atoms with E-state index in [2.05, 4.69) is 0 Å². The van der Waals surface area contributed by atoms with Crippen molar-refractivity contribution in [3.8, 4) is 0 Å². The Kier molecular flexibility index (Phi) is 4.60. The normalized spacial score (nSPS) is 22.7. The first-order valence-corrected chi connectivity index (χ1v) is 6.87. The zero-order chi connectivity index (χ0) is 16.5. The van der Waals surface area contributed by atoms with E-state index in [-0.39, 0.29) is 12.1 Å². The van der Waals surface area contributed by atoms with Gasteiger partial charge < -0.3 is 14.2 Å². The average Bonchev–Trinajstić information content (AvgIpc) is 2.42. The van der Waals surface area contributed by atoms with Gasteiger partial charge in [0.1, 0.15) is 6.54 Å². The van der Waals surface area contributed by atoms with Gasteiger partial charge in [0, 0.05) is 18.8 Å². The van der Waals surface area contributed by atoms with Gasteiger partial charge >= 0.3 is 6.18 Å². The molecular weight excluding hydrogens is 301 g/mol. The molecule has 0 radical (unpaired) electrons. The van der Waals surface area contributed by atoms with Crippen molar-refractivity contribution in [2.75, 3.05) is 13.2 Å². The molecule has 22 heavy (non-hydrogen) atoms. The molecule has 2 heterocycles. The van der Waals surface area contributed by atoms with Crippen molar-refractivity contribution in [2.24, 2.45) is 0 Å². The van der Waals surface area contributed by atoms with E-state index in [4.69, 9.17) is 4.74 Å². The van der Waals surface area contributed by atoms with Gasteiger partial charge in [-0.25, -0.2) is 0 Å². The van der Waals surface area contributed by atoms with Gasteiger partial charge in [0.15, 0.2) is 0 Å². The van der Waals surface area contributed by atoms with Crippen molar-refractivity contribution in [3.63, 3.8) is 0 Å². The van der Waals surface area contributed by atoms with E-state index in [1.54, 1.807) is 6.92 Å². The Bertz CT molecular complexity index is 612. The first-order chi connectivity index (χ1) is 10.2. The van der Waals surface area contributed by atoms with E-state index in [1.807, 2.05) is 6.92 Å². The summed E-state index contributed by atoms with van der Waals surface area (Å²) >= 11 is 0. The summed E-state index contributed by atoms with van der Waals surface area (Å²) < 4.78 is 44.2. The lowest BCUT2D eigenvalue weighted by Crippen LogP contribution is -2.51. The van der Waals surface area contributed by atoms with Crippen LogP contribution in [0.4, 0.5) is 13.2 Å². The molecule has 1 amide bonds. The lowest BCUT2D eigenvalue weighted by atomic mass is 10.2. The Morgan fingerprint density at radius 3 is 2.68 bits per heavy atom. The molecule has 2 atom stereocenters. The summed E-state index contributed by atoms with van der Waals surface area (Å²) in [7, 11) is 0. The van der Waals surface area contributed by atoms with Crippen LogP contribution in [0, 0.1) is 0 Å². The molecule has 0 aliphatic carbocycles. The third-order valence-electron chi connectivity index (χ3n) is 3.54. The maximum atomic E-state index is 12.7. The highest BCUT2D eigenvalue weighted by atomic mass is 19.4. The Labute approximate surface area is 125 Å². The van der Waals surface area contributed by atoms with Crippen LogP contribution in [0.3, 0.4) is 0 Å². The number of hydrogen-bond donors (Lipinski definition) is 0. The Balaban J connectivity index is 2.19. The quantitative estimate of drug-likeness (QED) is 0.830. The first kappa shape index (κ1) is 16.5. The third kappa shape index (κ3) is 3.68. The minimum atomic E-state index is -4.56. The number of ether oxygens (including phenoxy) is 1. The molecule has 122 valence electrons. The van der Waals surface area contributed by atoms with Crippen LogP contribution in [0.5, 0.6) is 0 Å². The molecule has 1 fully saturated rings. The number of carbonyl (C=O) groups is 1. The van der Waals surface area contributed by atoms with E-state index >= 15 is 0 Å². The molecule has 0 spiro atoms. The third-order valence-corrected chi connectivity index (χ3v) is 3.54. The van der Waals surface area contributed by atoms with Crippen LogP contribution < -0.4 is 5.56 Å². The zero-order valence-corrected chi connectivity index (χ0v) is 12.3. The number of alkyl halides is 3. The summed E-state index contributed by atoms with van der Waals surface area (Å²) in [5, 5.41) is 0. The monoisotopic (exact) mass is 318 g/mol. The summed E-state index contributed by atoms with van der Waals surface area (Å²) in [5.41, 5.74) is -1.60. The number of halogens is 3. The van der Waals surface area contributed by atoms with Crippen molar-refractivity contribution in [3.05, 3.63) is 34.2 Å². The largest absolute Gasteiger partial charge is 0.417 e. The van der Waals surface area contributed by atoms with Crippen LogP contribution in [-0.4, -0.2) is 40.7 Å². The lowest BCUT2D eigenvalue weighted by Gasteiger charge is -2.37. The fraction of sp³-hybridized carbons (Fsp3) is 0.571. The van der Waals surface area contributed by atoms with Crippen LogP contribution in [0.2, 0.25) is 0 Å². The molecule has 5 nitrogen and oxygen atoms in total. The summed E-state index contributed by atoms with van der Waals surface area (Å²) in [6.07, 6.45) is -4.02. The number of aromatic nitrogens is 1. The summed E-state index contributed by atoms with van der Waals surface area (Å²) in [4.78, 5) is 25.5. The SMILES string of the molecule is CC1CN(C(=O)Cn2cc(C(F)(F)F)ccc2=O)C(C)CO1. The lowest BCUT2D eigenvalue weighted by molar-refractivity contribution is -0.144. The predicted octanol–water partition coefficient (Wildman–Crippen LogP) is 1.50. The number of pyridine rings is 1. The van der Waals surface area contributed by atoms with Gasteiger partial charge in [0.2, 0.25) is 5.91 Å². The average molecular weight is 318 g/mol. The maximum absolute atomic E-state index is 12.7. The van der Waals surface area contributed by atoms with Crippen LogP contribution in [-0.2, 0) is 22.3 Å². The maximum Gasteiger partial charge on any atom is 0.417 e. The number of amides is 1. The summed E-state index contributed by atoms with van der Waals surface area (Å²) in [5.74, 6) is -0.399. The minimum absolute atomic E-state index is 0.140. The van der Waals surface area contributed by atoms with E-state index < -0.39 is 29.8 Å². The van der Waals surface area contributed by atoms with Gasteiger partial charge in [-0.2, -0.15) is 13.2 Å². The molecule has 1 aliphatic rings. The van der Waals surface area contributed by atoms with E-state index in [9.17, 15) is 22.8 Å². The Morgan fingerprint density at radius 2 is 2.05 bits per heavy atom. The van der Waals surface area contributed by atoms with Gasteiger partial charge in [-0.15, -0.1) is 0 Å². The van der Waals surface area contributed by atoms with Crippen LogP contribution in [0.1, 0.15) is 19.4 Å². The Hall–Kier alpha value is -1.83. The van der Waals surface area contributed by atoms with Crippen LogP contribution >= 0.6 is 0 Å². The highest BCUT2D eigenvalue weighted by Crippen LogP contribution is 2.28. The van der Waals surface area contributed by atoms with Gasteiger partial charge in [-0.1, -0.05) is 0 Å². The molecule has 2 rings (SSSR count). The predicted molar refractivity (Wildman–Crippen MR) is 72.3 cm³/mol. The second-order valence-electron chi connectivity index (χ2n) is 5.42. The number of morpholine rings is 1. The molecule has 0 bridgehead atoms. The summed E-state index contributed by atoms with van der Waals surface area (Å²) in [6, 6.07) is 1.36. The second kappa shape index (κ2) is 6.12. The van der Waals surface area contributed by atoms with Crippen molar-refractivity contribution < 1.29 is 22.7 Å². The molecule has 1 saturated heterocycles. The standard InChI is InChI=1S/C14H17F3N2O3/c1-9-8-22-10(2)5-19(9)13(21)7-18-6-11(14(15,16)17)3-4-12(18)20/h3-4,6,9-10H,5,7-8H2,1-2H3. The van der Waals surface area contributed by atoms with Crippen molar-refractivity contribution >= 4 is 5.91 Å². The molecule has 8 heteroatoms. The van der Waals surface area contributed by atoms with Gasteiger partial charge in [0.05, 0.1) is 24.3 Å². The fourth-order valence-electron chi connectivity index (χ4n) is 2.31. The van der Waals surface area contributed by atoms with E-state index in [0.717, 1.165) is 10.6 Å². The molecule has 2 unspecified atom stereocenters. The second-order valence-corrected chi connectivity index (χ2v) is 5.42. The number of rotatable bonds is 2. The Morgan fingerprint density at radius 1 is 1.36 bits per heavy atom. The molecule has 1 aliphatic heterocycles. The molecule has 0 saturated carbocycles. The summed E-state index contributed by atoms with van der Waals surface area (Å²) in [6.45, 7) is 3.90. The first-order valence-electron chi connectivity index (χ1n) is 6.87. The molecule has 0 aromatic carbocycles. The minimum Gasteiger partial charge on any atom is -0.375 e. The van der Waals surface area contributed by atoms with Gasteiger partial charge in [-0.3, -0.25) is 9.59 Å². The zero-order valence-electron chi connectivity index (χ0n) is 12.3. The van der Waals surface area contributed by atoms with Gasteiger partial charge in [-0.05, 0) is 19.9 Å². The van der Waals surface area contributed by atoms with E-state index in [1.165, 1.54) is 4.90 Å².